The molecule has 2 aliphatic heterocycles. The topological polar surface area (TPSA) is 71.5 Å². The van der Waals surface area contributed by atoms with Crippen LogP contribution in [-0.4, -0.2) is 34.3 Å². The summed E-state index contributed by atoms with van der Waals surface area (Å²) < 4.78 is 5.88. The number of ether oxygens (including phenoxy) is 1. The highest BCUT2D eigenvalue weighted by molar-refractivity contribution is 7.13. The number of anilines is 1. The molecule has 0 bridgehead atoms. The maximum absolute atomic E-state index is 13.1. The van der Waals surface area contributed by atoms with Crippen LogP contribution in [0.2, 0.25) is 5.02 Å². The number of rotatable bonds is 5. The Morgan fingerprint density at radius 3 is 2.96 bits per heavy atom. The van der Waals surface area contributed by atoms with E-state index in [1.807, 2.05) is 26.0 Å². The summed E-state index contributed by atoms with van der Waals surface area (Å²) in [7, 11) is 0. The van der Waals surface area contributed by atoms with Crippen molar-refractivity contribution >= 4 is 39.9 Å². The first-order valence-corrected chi connectivity index (χ1v) is 10.4. The Balaban J connectivity index is 1.57. The van der Waals surface area contributed by atoms with Crippen molar-refractivity contribution in [2.45, 2.75) is 32.7 Å². The SMILES string of the molecule is CC(C)C[C@@H](C(=O)Nc1nccs1)N1CC2=C(Oc3c(Cl)cccc3C2)C1=O. The van der Waals surface area contributed by atoms with Crippen molar-refractivity contribution in [2.24, 2.45) is 5.92 Å². The Hall–Kier alpha value is -2.38. The van der Waals surface area contributed by atoms with E-state index in [9.17, 15) is 9.59 Å². The molecule has 28 heavy (non-hydrogen) atoms. The number of carbonyl (C=O) groups is 2. The molecule has 0 saturated heterocycles. The second kappa shape index (κ2) is 7.56. The number of aromatic nitrogens is 1. The lowest BCUT2D eigenvalue weighted by atomic mass is 10.0. The fraction of sp³-hybridized carbons (Fsp3) is 0.350. The lowest BCUT2D eigenvalue weighted by Crippen LogP contribution is -2.46. The van der Waals surface area contributed by atoms with Crippen LogP contribution < -0.4 is 10.1 Å². The molecule has 1 atom stereocenters. The molecule has 1 aromatic carbocycles. The van der Waals surface area contributed by atoms with E-state index in [0.717, 1.165) is 11.1 Å². The normalized spacial score (nSPS) is 16.7. The number of benzene rings is 1. The largest absolute Gasteiger partial charge is 0.450 e. The third-order valence-corrected chi connectivity index (χ3v) is 5.82. The van der Waals surface area contributed by atoms with Gasteiger partial charge in [-0.25, -0.2) is 4.98 Å². The quantitative estimate of drug-likeness (QED) is 0.801. The second-order valence-electron chi connectivity index (χ2n) is 7.34. The Morgan fingerprint density at radius 1 is 1.43 bits per heavy atom. The highest BCUT2D eigenvalue weighted by Gasteiger charge is 2.42. The Labute approximate surface area is 172 Å². The Morgan fingerprint density at radius 2 is 2.25 bits per heavy atom. The monoisotopic (exact) mass is 417 g/mol. The lowest BCUT2D eigenvalue weighted by Gasteiger charge is -2.28. The molecule has 6 nitrogen and oxygen atoms in total. The fourth-order valence-electron chi connectivity index (χ4n) is 3.57. The first-order chi connectivity index (χ1) is 13.4. The molecule has 2 aliphatic rings. The average molecular weight is 418 g/mol. The van der Waals surface area contributed by atoms with Crippen LogP contribution >= 0.6 is 22.9 Å². The van der Waals surface area contributed by atoms with Crippen molar-refractivity contribution in [1.82, 2.24) is 9.88 Å². The summed E-state index contributed by atoms with van der Waals surface area (Å²) in [5, 5.41) is 5.63. The van der Waals surface area contributed by atoms with Gasteiger partial charge in [0.25, 0.3) is 5.91 Å². The van der Waals surface area contributed by atoms with Gasteiger partial charge in [-0.05, 0) is 18.4 Å². The Bertz CT molecular complexity index is 956. The van der Waals surface area contributed by atoms with Gasteiger partial charge in [0.05, 0.1) is 5.02 Å². The summed E-state index contributed by atoms with van der Waals surface area (Å²) in [6.45, 7) is 4.44. The molecule has 0 fully saturated rings. The van der Waals surface area contributed by atoms with Gasteiger partial charge in [0.15, 0.2) is 10.9 Å². The maximum Gasteiger partial charge on any atom is 0.290 e. The van der Waals surface area contributed by atoms with Gasteiger partial charge in [-0.1, -0.05) is 37.6 Å². The van der Waals surface area contributed by atoms with Gasteiger partial charge in [-0.3, -0.25) is 9.59 Å². The summed E-state index contributed by atoms with van der Waals surface area (Å²) in [6.07, 6.45) is 2.78. The first-order valence-electron chi connectivity index (χ1n) is 9.12. The molecule has 8 heteroatoms. The summed E-state index contributed by atoms with van der Waals surface area (Å²) in [6, 6.07) is 4.96. The second-order valence-corrected chi connectivity index (χ2v) is 8.65. The molecule has 0 radical (unpaired) electrons. The van der Waals surface area contributed by atoms with Gasteiger partial charge >= 0.3 is 0 Å². The van der Waals surface area contributed by atoms with E-state index in [4.69, 9.17) is 16.3 Å². The highest BCUT2D eigenvalue weighted by Crippen LogP contribution is 2.39. The summed E-state index contributed by atoms with van der Waals surface area (Å²) in [5.41, 5.74) is 1.84. The molecular formula is C20H20ClN3O3S. The lowest BCUT2D eigenvalue weighted by molar-refractivity contribution is -0.135. The van der Waals surface area contributed by atoms with Gasteiger partial charge in [0.2, 0.25) is 5.91 Å². The highest BCUT2D eigenvalue weighted by atomic mass is 35.5. The third kappa shape index (κ3) is 3.52. The van der Waals surface area contributed by atoms with Crippen molar-refractivity contribution in [3.63, 3.8) is 0 Å². The zero-order chi connectivity index (χ0) is 19.8. The van der Waals surface area contributed by atoms with Gasteiger partial charge in [-0.15, -0.1) is 11.3 Å². The van der Waals surface area contributed by atoms with Crippen molar-refractivity contribution in [2.75, 3.05) is 11.9 Å². The van der Waals surface area contributed by atoms with Crippen LogP contribution in [0.25, 0.3) is 0 Å². The number of para-hydroxylation sites is 1. The van der Waals surface area contributed by atoms with Crippen LogP contribution in [0.3, 0.4) is 0 Å². The number of halogens is 1. The minimum absolute atomic E-state index is 0.229. The third-order valence-electron chi connectivity index (χ3n) is 4.83. The number of carbonyl (C=O) groups excluding carboxylic acids is 2. The van der Waals surface area contributed by atoms with Gasteiger partial charge in [0, 0.05) is 35.7 Å². The van der Waals surface area contributed by atoms with E-state index in [-0.39, 0.29) is 17.7 Å². The molecule has 2 amide bonds. The Kier molecular flexibility index (Phi) is 5.12. The fourth-order valence-corrected chi connectivity index (χ4v) is 4.33. The van der Waals surface area contributed by atoms with Crippen molar-refractivity contribution in [1.29, 1.82) is 0 Å². The molecule has 0 spiro atoms. The molecule has 0 aliphatic carbocycles. The number of amides is 2. The molecule has 4 rings (SSSR count). The van der Waals surface area contributed by atoms with Crippen molar-refractivity contribution < 1.29 is 14.3 Å². The van der Waals surface area contributed by atoms with E-state index in [0.29, 0.717) is 41.0 Å². The molecule has 3 heterocycles. The van der Waals surface area contributed by atoms with Gasteiger partial charge in [0.1, 0.15) is 11.8 Å². The summed E-state index contributed by atoms with van der Waals surface area (Å²) in [5.74, 6) is 0.583. The van der Waals surface area contributed by atoms with Crippen LogP contribution in [0.5, 0.6) is 5.75 Å². The van der Waals surface area contributed by atoms with Crippen LogP contribution in [0, 0.1) is 5.92 Å². The zero-order valence-corrected chi connectivity index (χ0v) is 17.1. The standard InChI is InChI=1S/C20H20ClN3O3S/c1-11(2)8-15(18(25)23-20-22-6-7-28-20)24-10-13-9-12-4-3-5-14(21)16(12)27-17(13)19(24)26/h3-7,11,15H,8-10H2,1-2H3,(H,22,23,25)/t15-/m0/s1. The minimum atomic E-state index is -0.593. The number of nitrogens with one attached hydrogen (secondary N) is 1. The van der Waals surface area contributed by atoms with Crippen LogP contribution in [-0.2, 0) is 16.0 Å². The van der Waals surface area contributed by atoms with E-state index >= 15 is 0 Å². The predicted octanol–water partition coefficient (Wildman–Crippen LogP) is 3.88. The molecule has 1 aromatic heterocycles. The summed E-state index contributed by atoms with van der Waals surface area (Å²) >= 11 is 7.58. The summed E-state index contributed by atoms with van der Waals surface area (Å²) in [4.78, 5) is 31.7. The number of hydrogen-bond acceptors (Lipinski definition) is 5. The molecular weight excluding hydrogens is 398 g/mol. The molecule has 2 aromatic rings. The molecule has 0 unspecified atom stereocenters. The average Bonchev–Trinajstić information content (AvgIpc) is 3.27. The molecule has 1 N–H and O–H groups in total. The van der Waals surface area contributed by atoms with Gasteiger partial charge in [-0.2, -0.15) is 0 Å². The van der Waals surface area contributed by atoms with E-state index in [1.54, 1.807) is 22.5 Å². The van der Waals surface area contributed by atoms with E-state index in [1.165, 1.54) is 11.3 Å². The number of thiazole rings is 1. The molecule has 0 saturated carbocycles. The number of nitrogens with zero attached hydrogens (tertiary/aromatic N) is 2. The zero-order valence-electron chi connectivity index (χ0n) is 15.6. The van der Waals surface area contributed by atoms with Crippen molar-refractivity contribution in [3.05, 3.63) is 51.7 Å². The predicted molar refractivity (Wildman–Crippen MR) is 109 cm³/mol. The smallest absolute Gasteiger partial charge is 0.290 e. The van der Waals surface area contributed by atoms with Crippen LogP contribution in [0.1, 0.15) is 25.8 Å². The van der Waals surface area contributed by atoms with Gasteiger partial charge < -0.3 is 15.0 Å². The van der Waals surface area contributed by atoms with Crippen LogP contribution in [0.4, 0.5) is 5.13 Å². The van der Waals surface area contributed by atoms with Crippen LogP contribution in [0.15, 0.2) is 41.1 Å². The first kappa shape index (κ1) is 19.0. The van der Waals surface area contributed by atoms with E-state index in [2.05, 4.69) is 10.3 Å². The maximum atomic E-state index is 13.1. The van der Waals surface area contributed by atoms with Crippen molar-refractivity contribution in [3.8, 4) is 5.75 Å². The molecule has 146 valence electrons. The van der Waals surface area contributed by atoms with E-state index < -0.39 is 6.04 Å². The minimum Gasteiger partial charge on any atom is -0.450 e. The number of hydrogen-bond donors (Lipinski definition) is 1. The number of fused-ring (bicyclic) bond motifs is 1.